The van der Waals surface area contributed by atoms with Gasteiger partial charge in [-0.3, -0.25) is 0 Å². The second-order valence-corrected chi connectivity index (χ2v) is 5.48. The molecule has 1 rings (SSSR count). The molecule has 2 heteroatoms. The van der Waals surface area contributed by atoms with Gasteiger partial charge in [-0.05, 0) is 24.8 Å². The first-order chi connectivity index (χ1) is 9.57. The lowest BCUT2D eigenvalue weighted by molar-refractivity contribution is -0.130. The average Bonchev–Trinajstić information content (AvgIpc) is 2.44. The zero-order chi connectivity index (χ0) is 15.0. The van der Waals surface area contributed by atoms with Crippen LogP contribution in [0.2, 0.25) is 0 Å². The molecule has 0 spiro atoms. The van der Waals surface area contributed by atoms with E-state index in [-0.39, 0.29) is 0 Å². The molecular weight excluding hydrogens is 248 g/mol. The molecule has 0 aliphatic rings. The van der Waals surface area contributed by atoms with Crippen molar-refractivity contribution in [1.82, 2.24) is 0 Å². The summed E-state index contributed by atoms with van der Waals surface area (Å²) in [5, 5.41) is 9.50. The molecule has 0 bridgehead atoms. The Kier molecular flexibility index (Phi) is 7.06. The van der Waals surface area contributed by atoms with E-state index < -0.39 is 5.97 Å². The molecule has 1 unspecified atom stereocenters. The Bertz CT molecular complexity index is 446. The molecule has 0 aromatic heterocycles. The van der Waals surface area contributed by atoms with Crippen molar-refractivity contribution in [2.75, 3.05) is 0 Å². The molecule has 110 valence electrons. The first kappa shape index (κ1) is 16.5. The molecule has 0 saturated heterocycles. The van der Waals surface area contributed by atoms with Gasteiger partial charge in [-0.15, -0.1) is 0 Å². The molecule has 0 amide bonds. The highest BCUT2D eigenvalue weighted by atomic mass is 16.4. The van der Waals surface area contributed by atoms with Crippen LogP contribution in [0.25, 0.3) is 5.57 Å². The van der Waals surface area contributed by atoms with E-state index in [1.54, 1.807) is 0 Å². The summed E-state index contributed by atoms with van der Waals surface area (Å²) in [4.78, 5) is 11.6. The van der Waals surface area contributed by atoms with Gasteiger partial charge in [0, 0.05) is 0 Å². The molecule has 0 aliphatic carbocycles. The lowest BCUT2D eigenvalue weighted by Gasteiger charge is -2.16. The molecule has 20 heavy (non-hydrogen) atoms. The number of carboxylic acid groups (broad SMARTS) is 1. The maximum Gasteiger partial charge on any atom is 0.336 e. The third-order valence-electron chi connectivity index (χ3n) is 3.90. The van der Waals surface area contributed by atoms with Gasteiger partial charge in [0.25, 0.3) is 0 Å². The molecule has 0 aliphatic heterocycles. The van der Waals surface area contributed by atoms with Crippen molar-refractivity contribution < 1.29 is 9.90 Å². The van der Waals surface area contributed by atoms with Gasteiger partial charge in [0.1, 0.15) is 0 Å². The van der Waals surface area contributed by atoms with Crippen LogP contribution < -0.4 is 0 Å². The fraction of sp³-hybridized carbons (Fsp3) is 0.500. The molecule has 1 aromatic carbocycles. The van der Waals surface area contributed by atoms with Crippen molar-refractivity contribution in [2.24, 2.45) is 5.92 Å². The smallest absolute Gasteiger partial charge is 0.336 e. The lowest BCUT2D eigenvalue weighted by atomic mass is 9.89. The fourth-order valence-corrected chi connectivity index (χ4v) is 2.46. The Labute approximate surface area is 122 Å². The summed E-state index contributed by atoms with van der Waals surface area (Å²) < 4.78 is 0. The second-order valence-electron chi connectivity index (χ2n) is 5.48. The minimum absolute atomic E-state index is 0.318. The largest absolute Gasteiger partial charge is 0.478 e. The highest BCUT2D eigenvalue weighted by Gasteiger charge is 2.17. The predicted octanol–water partition coefficient (Wildman–Crippen LogP) is 5.15. The monoisotopic (exact) mass is 274 g/mol. The maximum absolute atomic E-state index is 11.6. The highest BCUT2D eigenvalue weighted by Crippen LogP contribution is 2.27. The minimum Gasteiger partial charge on any atom is -0.478 e. The highest BCUT2D eigenvalue weighted by molar-refractivity contribution is 6.16. The molecule has 0 heterocycles. The third kappa shape index (κ3) is 4.84. The van der Waals surface area contributed by atoms with E-state index >= 15 is 0 Å². The van der Waals surface area contributed by atoms with Crippen molar-refractivity contribution in [3.05, 3.63) is 41.5 Å². The molecule has 1 atom stereocenters. The van der Waals surface area contributed by atoms with Crippen LogP contribution in [-0.4, -0.2) is 11.1 Å². The first-order valence-corrected chi connectivity index (χ1v) is 7.57. The predicted molar refractivity (Wildman–Crippen MR) is 84.6 cm³/mol. The minimum atomic E-state index is -0.825. The molecular formula is C18H26O2. The SMILES string of the molecule is CCCCCCC(C)/C(C)=C(\C(=O)O)c1ccccc1. The second kappa shape index (κ2) is 8.57. The summed E-state index contributed by atoms with van der Waals surface area (Å²) in [7, 11) is 0. The lowest BCUT2D eigenvalue weighted by Crippen LogP contribution is -2.07. The Balaban J connectivity index is 2.84. The van der Waals surface area contributed by atoms with Gasteiger partial charge >= 0.3 is 5.97 Å². The van der Waals surface area contributed by atoms with Crippen molar-refractivity contribution in [1.29, 1.82) is 0 Å². The van der Waals surface area contributed by atoms with Crippen LogP contribution in [0.1, 0.15) is 58.4 Å². The van der Waals surface area contributed by atoms with Crippen LogP contribution in [0.3, 0.4) is 0 Å². The van der Waals surface area contributed by atoms with E-state index in [4.69, 9.17) is 0 Å². The van der Waals surface area contributed by atoms with E-state index in [1.807, 2.05) is 37.3 Å². The molecule has 0 radical (unpaired) electrons. The van der Waals surface area contributed by atoms with Gasteiger partial charge < -0.3 is 5.11 Å². The molecule has 1 N–H and O–H groups in total. The van der Waals surface area contributed by atoms with Crippen molar-refractivity contribution in [3.8, 4) is 0 Å². The van der Waals surface area contributed by atoms with E-state index in [0.29, 0.717) is 11.5 Å². The Morgan fingerprint density at radius 3 is 2.35 bits per heavy atom. The summed E-state index contributed by atoms with van der Waals surface area (Å²) in [6.07, 6.45) is 5.97. The number of hydrogen-bond acceptors (Lipinski definition) is 1. The summed E-state index contributed by atoms with van der Waals surface area (Å²) >= 11 is 0. The number of carbonyl (C=O) groups is 1. The first-order valence-electron chi connectivity index (χ1n) is 7.57. The normalized spacial score (nSPS) is 13.8. The van der Waals surface area contributed by atoms with Gasteiger partial charge in [0.05, 0.1) is 5.57 Å². The van der Waals surface area contributed by atoms with Crippen LogP contribution in [0.15, 0.2) is 35.9 Å². The third-order valence-corrected chi connectivity index (χ3v) is 3.90. The Morgan fingerprint density at radius 2 is 1.80 bits per heavy atom. The summed E-state index contributed by atoms with van der Waals surface area (Å²) in [5.74, 6) is -0.507. The molecule has 0 saturated carbocycles. The molecule has 0 fully saturated rings. The van der Waals surface area contributed by atoms with E-state index in [9.17, 15) is 9.90 Å². The Hall–Kier alpha value is -1.57. The van der Waals surface area contributed by atoms with Crippen LogP contribution >= 0.6 is 0 Å². The van der Waals surface area contributed by atoms with Gasteiger partial charge in [-0.25, -0.2) is 4.79 Å². The number of unbranched alkanes of at least 4 members (excludes halogenated alkanes) is 3. The molecule has 2 nitrogen and oxygen atoms in total. The van der Waals surface area contributed by atoms with Gasteiger partial charge in [-0.1, -0.05) is 75.4 Å². The van der Waals surface area contributed by atoms with Gasteiger partial charge in [0.2, 0.25) is 0 Å². The van der Waals surface area contributed by atoms with Crippen LogP contribution in [0.5, 0.6) is 0 Å². The Morgan fingerprint density at radius 1 is 1.15 bits per heavy atom. The number of benzene rings is 1. The van der Waals surface area contributed by atoms with Gasteiger partial charge in [0.15, 0.2) is 0 Å². The number of aliphatic carboxylic acids is 1. The summed E-state index contributed by atoms with van der Waals surface area (Å²) in [5.41, 5.74) is 2.26. The average molecular weight is 274 g/mol. The number of allylic oxidation sites excluding steroid dienone is 1. The van der Waals surface area contributed by atoms with Crippen LogP contribution in [0, 0.1) is 5.92 Å². The quantitative estimate of drug-likeness (QED) is 0.525. The zero-order valence-electron chi connectivity index (χ0n) is 12.9. The van der Waals surface area contributed by atoms with E-state index in [0.717, 1.165) is 17.6 Å². The topological polar surface area (TPSA) is 37.3 Å². The number of carboxylic acids is 1. The van der Waals surface area contributed by atoms with Gasteiger partial charge in [-0.2, -0.15) is 0 Å². The number of hydrogen-bond donors (Lipinski definition) is 1. The maximum atomic E-state index is 11.6. The fourth-order valence-electron chi connectivity index (χ4n) is 2.46. The summed E-state index contributed by atoms with van der Waals surface area (Å²) in [6, 6.07) is 9.43. The van der Waals surface area contributed by atoms with Crippen molar-refractivity contribution in [2.45, 2.75) is 52.9 Å². The number of rotatable bonds is 8. The summed E-state index contributed by atoms with van der Waals surface area (Å²) in [6.45, 7) is 6.29. The zero-order valence-corrected chi connectivity index (χ0v) is 12.9. The van der Waals surface area contributed by atoms with Crippen molar-refractivity contribution in [3.63, 3.8) is 0 Å². The van der Waals surface area contributed by atoms with Crippen molar-refractivity contribution >= 4 is 11.5 Å². The van der Waals surface area contributed by atoms with E-state index in [1.165, 1.54) is 25.7 Å². The van der Waals surface area contributed by atoms with Crippen LogP contribution in [0.4, 0.5) is 0 Å². The van der Waals surface area contributed by atoms with Crippen LogP contribution in [-0.2, 0) is 4.79 Å². The van der Waals surface area contributed by atoms with E-state index in [2.05, 4.69) is 13.8 Å². The molecule has 1 aromatic rings. The standard InChI is InChI=1S/C18H26O2/c1-4-5-6-8-11-14(2)15(3)17(18(19)20)16-12-9-7-10-13-16/h7,9-10,12-14H,4-6,8,11H2,1-3H3,(H,19,20)/b17-15-.